The van der Waals surface area contributed by atoms with Gasteiger partial charge in [0.05, 0.1) is 6.20 Å². The van der Waals surface area contributed by atoms with E-state index in [2.05, 4.69) is 10.4 Å². The summed E-state index contributed by atoms with van der Waals surface area (Å²) in [4.78, 5) is 13.9. The van der Waals surface area contributed by atoms with Gasteiger partial charge in [0.2, 0.25) is 0 Å². The predicted molar refractivity (Wildman–Crippen MR) is 88.3 cm³/mol. The first-order valence-electron chi connectivity index (χ1n) is 8.22. The first kappa shape index (κ1) is 17.2. The third-order valence-corrected chi connectivity index (χ3v) is 6.48. The molecule has 1 aromatic rings. The van der Waals surface area contributed by atoms with E-state index in [0.717, 1.165) is 18.4 Å². The second-order valence-electron chi connectivity index (χ2n) is 6.18. The van der Waals surface area contributed by atoms with Crippen molar-refractivity contribution in [2.75, 3.05) is 39.3 Å². The molecule has 0 radical (unpaired) electrons. The summed E-state index contributed by atoms with van der Waals surface area (Å²) in [7, 11) is -1.54. The van der Waals surface area contributed by atoms with Crippen LogP contribution in [0.3, 0.4) is 0 Å². The maximum absolute atomic E-state index is 12.5. The molecule has 0 saturated carbocycles. The van der Waals surface area contributed by atoms with Gasteiger partial charge in [-0.05, 0) is 12.8 Å². The number of carbonyl (C=O) groups excluding carboxylic acids is 1. The number of nitrogens with zero attached hydrogens (tertiary/aromatic N) is 5. The second kappa shape index (κ2) is 7.08. The van der Waals surface area contributed by atoms with Gasteiger partial charge in [0, 0.05) is 64.6 Å². The molecule has 0 aromatic carbocycles. The van der Waals surface area contributed by atoms with Crippen LogP contribution in [-0.4, -0.2) is 77.0 Å². The third kappa shape index (κ3) is 3.70. The fraction of sp³-hybridized carbons (Fsp3) is 0.714. The zero-order valence-corrected chi connectivity index (χ0v) is 14.7. The Labute approximate surface area is 142 Å². The van der Waals surface area contributed by atoms with Gasteiger partial charge < -0.3 is 10.2 Å². The SMILES string of the molecule is Cn1cc(CNC(=O)N2CCN(S(=O)(=O)N3CCCC3)CC2)cn1. The Balaban J connectivity index is 1.48. The van der Waals surface area contributed by atoms with Crippen LogP contribution in [0.15, 0.2) is 12.4 Å². The van der Waals surface area contributed by atoms with Crippen LogP contribution in [0, 0.1) is 0 Å². The highest BCUT2D eigenvalue weighted by molar-refractivity contribution is 7.86. The lowest BCUT2D eigenvalue weighted by Crippen LogP contribution is -2.55. The molecule has 1 aromatic heterocycles. The van der Waals surface area contributed by atoms with Crippen molar-refractivity contribution in [1.29, 1.82) is 0 Å². The van der Waals surface area contributed by atoms with Crippen LogP contribution >= 0.6 is 0 Å². The van der Waals surface area contributed by atoms with E-state index in [-0.39, 0.29) is 6.03 Å². The van der Waals surface area contributed by atoms with Gasteiger partial charge in [0.1, 0.15) is 0 Å². The summed E-state index contributed by atoms with van der Waals surface area (Å²) in [5.41, 5.74) is 0.932. The standard InChI is InChI=1S/C14H24N6O3S/c1-17-12-13(11-16-17)10-15-14(21)18-6-8-20(9-7-18)24(22,23)19-4-2-3-5-19/h11-12H,2-10H2,1H3,(H,15,21). The molecule has 2 fully saturated rings. The fourth-order valence-corrected chi connectivity index (χ4v) is 4.73. The Morgan fingerprint density at radius 3 is 2.33 bits per heavy atom. The van der Waals surface area contributed by atoms with E-state index in [9.17, 15) is 13.2 Å². The van der Waals surface area contributed by atoms with E-state index in [4.69, 9.17) is 0 Å². The summed E-state index contributed by atoms with van der Waals surface area (Å²) in [6.45, 7) is 3.14. The average Bonchev–Trinajstić information content (AvgIpc) is 3.24. The van der Waals surface area contributed by atoms with Crippen molar-refractivity contribution in [3.8, 4) is 0 Å². The summed E-state index contributed by atoms with van der Waals surface area (Å²) in [6, 6.07) is -0.169. The monoisotopic (exact) mass is 356 g/mol. The summed E-state index contributed by atoms with van der Waals surface area (Å²) < 4.78 is 29.7. The van der Waals surface area contributed by atoms with Crippen molar-refractivity contribution in [2.24, 2.45) is 7.05 Å². The Morgan fingerprint density at radius 2 is 1.75 bits per heavy atom. The molecule has 2 aliphatic heterocycles. The number of carbonyl (C=O) groups is 1. The van der Waals surface area contributed by atoms with Gasteiger partial charge in [-0.3, -0.25) is 4.68 Å². The number of piperazine rings is 1. The summed E-state index contributed by atoms with van der Waals surface area (Å²) in [5.74, 6) is 0. The molecule has 1 N–H and O–H groups in total. The molecular formula is C14H24N6O3S. The Kier molecular flexibility index (Phi) is 5.07. The van der Waals surface area contributed by atoms with Crippen LogP contribution in [0.4, 0.5) is 4.79 Å². The topological polar surface area (TPSA) is 90.8 Å². The summed E-state index contributed by atoms with van der Waals surface area (Å²) in [5, 5.41) is 6.90. The smallest absolute Gasteiger partial charge is 0.317 e. The molecule has 0 atom stereocenters. The minimum atomic E-state index is -3.37. The van der Waals surface area contributed by atoms with Crippen LogP contribution in [0.5, 0.6) is 0 Å². The Hall–Kier alpha value is -1.65. The van der Waals surface area contributed by atoms with Crippen LogP contribution in [0.1, 0.15) is 18.4 Å². The molecule has 134 valence electrons. The highest BCUT2D eigenvalue weighted by Crippen LogP contribution is 2.18. The van der Waals surface area contributed by atoms with Crippen LogP contribution < -0.4 is 5.32 Å². The quantitative estimate of drug-likeness (QED) is 0.794. The van der Waals surface area contributed by atoms with Crippen LogP contribution in [-0.2, 0) is 23.8 Å². The van der Waals surface area contributed by atoms with Crippen molar-refractivity contribution < 1.29 is 13.2 Å². The van der Waals surface area contributed by atoms with E-state index in [0.29, 0.717) is 45.8 Å². The largest absolute Gasteiger partial charge is 0.334 e. The van der Waals surface area contributed by atoms with Gasteiger partial charge in [-0.15, -0.1) is 0 Å². The van der Waals surface area contributed by atoms with Gasteiger partial charge in [-0.25, -0.2) is 4.79 Å². The average molecular weight is 356 g/mol. The molecule has 3 rings (SSSR count). The Morgan fingerprint density at radius 1 is 1.12 bits per heavy atom. The van der Waals surface area contributed by atoms with Crippen molar-refractivity contribution >= 4 is 16.2 Å². The molecule has 3 heterocycles. The van der Waals surface area contributed by atoms with Crippen molar-refractivity contribution in [1.82, 2.24) is 28.6 Å². The molecule has 24 heavy (non-hydrogen) atoms. The normalized spacial score (nSPS) is 20.5. The number of nitrogens with one attached hydrogen (secondary N) is 1. The van der Waals surface area contributed by atoms with Crippen LogP contribution in [0.2, 0.25) is 0 Å². The van der Waals surface area contributed by atoms with Gasteiger partial charge >= 0.3 is 6.03 Å². The van der Waals surface area contributed by atoms with Crippen molar-refractivity contribution in [3.63, 3.8) is 0 Å². The van der Waals surface area contributed by atoms with E-state index >= 15 is 0 Å². The minimum Gasteiger partial charge on any atom is -0.334 e. The van der Waals surface area contributed by atoms with E-state index in [1.165, 1.54) is 4.31 Å². The predicted octanol–water partition coefficient (Wildman–Crippen LogP) is -0.412. The molecule has 9 nitrogen and oxygen atoms in total. The first-order chi connectivity index (χ1) is 11.5. The molecular weight excluding hydrogens is 332 g/mol. The number of rotatable bonds is 4. The lowest BCUT2D eigenvalue weighted by molar-refractivity contribution is 0.169. The highest BCUT2D eigenvalue weighted by Gasteiger charge is 2.34. The molecule has 0 spiro atoms. The van der Waals surface area contributed by atoms with E-state index in [1.807, 2.05) is 13.2 Å². The number of hydrogen-bond acceptors (Lipinski definition) is 4. The zero-order valence-electron chi connectivity index (χ0n) is 13.9. The number of hydrogen-bond donors (Lipinski definition) is 1. The molecule has 0 bridgehead atoms. The first-order valence-corrected chi connectivity index (χ1v) is 9.62. The van der Waals surface area contributed by atoms with Gasteiger partial charge in [-0.1, -0.05) is 0 Å². The minimum absolute atomic E-state index is 0.169. The maximum Gasteiger partial charge on any atom is 0.317 e. The molecule has 10 heteroatoms. The molecule has 2 aliphatic rings. The van der Waals surface area contributed by atoms with Crippen molar-refractivity contribution in [3.05, 3.63) is 18.0 Å². The summed E-state index contributed by atoms with van der Waals surface area (Å²) >= 11 is 0. The third-order valence-electron chi connectivity index (χ3n) is 4.45. The van der Waals surface area contributed by atoms with Gasteiger partial charge in [-0.2, -0.15) is 22.1 Å². The number of amides is 2. The lowest BCUT2D eigenvalue weighted by atomic mass is 10.3. The fourth-order valence-electron chi connectivity index (χ4n) is 3.06. The van der Waals surface area contributed by atoms with Crippen molar-refractivity contribution in [2.45, 2.75) is 19.4 Å². The van der Waals surface area contributed by atoms with E-state index < -0.39 is 10.2 Å². The Bertz CT molecular complexity index is 674. The maximum atomic E-state index is 12.5. The number of aryl methyl sites for hydroxylation is 1. The zero-order chi connectivity index (χ0) is 17.2. The molecule has 2 amide bonds. The molecule has 0 unspecified atom stereocenters. The number of aromatic nitrogens is 2. The highest BCUT2D eigenvalue weighted by atomic mass is 32.2. The van der Waals surface area contributed by atoms with Gasteiger partial charge in [0.15, 0.2) is 0 Å². The number of urea groups is 1. The summed E-state index contributed by atoms with van der Waals surface area (Å²) in [6.07, 6.45) is 5.41. The van der Waals surface area contributed by atoms with Crippen LogP contribution in [0.25, 0.3) is 0 Å². The molecule has 0 aliphatic carbocycles. The van der Waals surface area contributed by atoms with E-state index in [1.54, 1.807) is 20.1 Å². The second-order valence-corrected chi connectivity index (χ2v) is 8.11. The lowest BCUT2D eigenvalue weighted by Gasteiger charge is -2.35. The molecule has 2 saturated heterocycles. The van der Waals surface area contributed by atoms with Gasteiger partial charge in [0.25, 0.3) is 10.2 Å².